The number of benzene rings is 2. The van der Waals surface area contributed by atoms with E-state index in [0.29, 0.717) is 10.0 Å². The number of hydrogen-bond donors (Lipinski definition) is 1. The Hall–Kier alpha value is -1.74. The third-order valence-electron chi connectivity index (χ3n) is 4.52. The number of sulfonamides is 1. The Morgan fingerprint density at radius 1 is 1.07 bits per heavy atom. The van der Waals surface area contributed by atoms with Crippen LogP contribution in [0.5, 0.6) is 0 Å². The Morgan fingerprint density at radius 3 is 2.48 bits per heavy atom. The van der Waals surface area contributed by atoms with Gasteiger partial charge in [0.05, 0.1) is 4.90 Å². The molecule has 0 radical (unpaired) electrons. The molecule has 2 aromatic rings. The average molecular weight is 452 g/mol. The molecule has 0 aliphatic carbocycles. The van der Waals surface area contributed by atoms with Crippen molar-refractivity contribution in [2.24, 2.45) is 0 Å². The molecule has 0 atom stereocenters. The first-order chi connectivity index (χ1) is 12.8. The highest BCUT2D eigenvalue weighted by Crippen LogP contribution is 2.17. The summed E-state index contributed by atoms with van der Waals surface area (Å²) < 4.78 is 27.6. The molecular formula is C19H22BrN3O3S. The standard InChI is InChI=1S/C19H22BrN3O3S/c1-22-8-10-23(11-9-22)14-15-4-2-5-16(12-15)19(24)21-27(25,26)18-7-3-6-17(20)13-18/h2-7,12-13H,8-11,14H2,1H3,(H,21,24). The quantitative estimate of drug-likeness (QED) is 0.754. The van der Waals surface area contributed by atoms with Crippen molar-refractivity contribution in [3.8, 4) is 0 Å². The van der Waals surface area contributed by atoms with Crippen LogP contribution in [0, 0.1) is 0 Å². The zero-order valence-electron chi connectivity index (χ0n) is 15.1. The van der Waals surface area contributed by atoms with Crippen molar-refractivity contribution in [1.29, 1.82) is 0 Å². The zero-order chi connectivity index (χ0) is 19.4. The number of nitrogens with zero attached hydrogens (tertiary/aromatic N) is 2. The van der Waals surface area contributed by atoms with Crippen LogP contribution in [0.4, 0.5) is 0 Å². The number of hydrogen-bond acceptors (Lipinski definition) is 5. The van der Waals surface area contributed by atoms with Gasteiger partial charge in [0.25, 0.3) is 15.9 Å². The van der Waals surface area contributed by atoms with Gasteiger partial charge in [0.15, 0.2) is 0 Å². The molecule has 1 saturated heterocycles. The van der Waals surface area contributed by atoms with Crippen LogP contribution in [0.25, 0.3) is 0 Å². The Kier molecular flexibility index (Phi) is 6.31. The Bertz CT molecular complexity index is 925. The van der Waals surface area contributed by atoms with Crippen LogP contribution in [0.2, 0.25) is 0 Å². The van der Waals surface area contributed by atoms with Crippen molar-refractivity contribution in [3.63, 3.8) is 0 Å². The van der Waals surface area contributed by atoms with Gasteiger partial charge in [-0.2, -0.15) is 0 Å². The Labute approximate surface area is 168 Å². The molecule has 1 N–H and O–H groups in total. The smallest absolute Gasteiger partial charge is 0.265 e. The van der Waals surface area contributed by atoms with Crippen LogP contribution >= 0.6 is 15.9 Å². The molecule has 1 heterocycles. The van der Waals surface area contributed by atoms with Crippen molar-refractivity contribution in [1.82, 2.24) is 14.5 Å². The van der Waals surface area contributed by atoms with Gasteiger partial charge in [0, 0.05) is 42.8 Å². The maximum Gasteiger partial charge on any atom is 0.265 e. The summed E-state index contributed by atoms with van der Waals surface area (Å²) in [6.07, 6.45) is 0. The minimum atomic E-state index is -3.92. The molecule has 0 aromatic heterocycles. The van der Waals surface area contributed by atoms with E-state index in [0.717, 1.165) is 38.3 Å². The van der Waals surface area contributed by atoms with Crippen molar-refractivity contribution in [2.75, 3.05) is 33.2 Å². The lowest BCUT2D eigenvalue weighted by atomic mass is 10.1. The number of carbonyl (C=O) groups excluding carboxylic acids is 1. The molecule has 27 heavy (non-hydrogen) atoms. The summed E-state index contributed by atoms with van der Waals surface area (Å²) in [5, 5.41) is 0. The predicted octanol–water partition coefficient (Wildman–Crippen LogP) is 2.32. The maximum atomic E-state index is 12.5. The number of amides is 1. The molecular weight excluding hydrogens is 430 g/mol. The molecule has 144 valence electrons. The predicted molar refractivity (Wildman–Crippen MR) is 108 cm³/mol. The summed E-state index contributed by atoms with van der Waals surface area (Å²) in [4.78, 5) is 17.1. The normalized spacial score (nSPS) is 16.2. The Morgan fingerprint density at radius 2 is 1.78 bits per heavy atom. The first-order valence-electron chi connectivity index (χ1n) is 8.66. The number of nitrogens with one attached hydrogen (secondary N) is 1. The van der Waals surface area contributed by atoms with E-state index in [1.807, 2.05) is 6.07 Å². The van der Waals surface area contributed by atoms with E-state index < -0.39 is 15.9 Å². The first-order valence-corrected chi connectivity index (χ1v) is 10.9. The molecule has 8 heteroatoms. The van der Waals surface area contributed by atoms with E-state index in [4.69, 9.17) is 0 Å². The molecule has 0 saturated carbocycles. The van der Waals surface area contributed by atoms with Gasteiger partial charge in [-0.3, -0.25) is 9.69 Å². The van der Waals surface area contributed by atoms with Gasteiger partial charge in [0.2, 0.25) is 0 Å². The minimum Gasteiger partial charge on any atom is -0.304 e. The fraction of sp³-hybridized carbons (Fsp3) is 0.316. The van der Waals surface area contributed by atoms with Gasteiger partial charge in [-0.05, 0) is 42.9 Å². The molecule has 1 aliphatic heterocycles. The van der Waals surface area contributed by atoms with E-state index in [1.165, 1.54) is 12.1 Å². The lowest BCUT2D eigenvalue weighted by molar-refractivity contribution is 0.0981. The van der Waals surface area contributed by atoms with Gasteiger partial charge in [-0.1, -0.05) is 34.1 Å². The third kappa shape index (κ3) is 5.38. The monoisotopic (exact) mass is 451 g/mol. The highest BCUT2D eigenvalue weighted by Gasteiger charge is 2.20. The van der Waals surface area contributed by atoms with Crippen molar-refractivity contribution >= 4 is 31.9 Å². The highest BCUT2D eigenvalue weighted by molar-refractivity contribution is 9.10. The van der Waals surface area contributed by atoms with Gasteiger partial charge < -0.3 is 4.90 Å². The van der Waals surface area contributed by atoms with Crippen LogP contribution < -0.4 is 4.72 Å². The second-order valence-corrected chi connectivity index (χ2v) is 9.27. The summed E-state index contributed by atoms with van der Waals surface area (Å²) in [5.41, 5.74) is 1.33. The second-order valence-electron chi connectivity index (χ2n) is 6.67. The van der Waals surface area contributed by atoms with Gasteiger partial charge in [0.1, 0.15) is 0 Å². The first kappa shape index (κ1) is 20.0. The number of likely N-dealkylation sites (N-methyl/N-ethyl adjacent to an activating group) is 1. The van der Waals surface area contributed by atoms with Crippen LogP contribution in [0.3, 0.4) is 0 Å². The second kappa shape index (κ2) is 8.52. The molecule has 1 fully saturated rings. The van der Waals surface area contributed by atoms with E-state index in [-0.39, 0.29) is 4.90 Å². The molecule has 0 spiro atoms. The number of halogens is 1. The van der Waals surface area contributed by atoms with Crippen molar-refractivity contribution in [3.05, 3.63) is 64.1 Å². The van der Waals surface area contributed by atoms with Crippen molar-refractivity contribution < 1.29 is 13.2 Å². The number of piperazine rings is 1. The van der Waals surface area contributed by atoms with Crippen LogP contribution in [0.15, 0.2) is 57.9 Å². The van der Waals surface area contributed by atoms with E-state index in [2.05, 4.69) is 37.5 Å². The SMILES string of the molecule is CN1CCN(Cc2cccc(C(=O)NS(=O)(=O)c3cccc(Br)c3)c2)CC1. The van der Waals surface area contributed by atoms with Gasteiger partial charge in [-0.25, -0.2) is 13.1 Å². The van der Waals surface area contributed by atoms with Gasteiger partial charge >= 0.3 is 0 Å². The van der Waals surface area contributed by atoms with Crippen LogP contribution in [-0.2, 0) is 16.6 Å². The molecule has 0 unspecified atom stereocenters. The van der Waals surface area contributed by atoms with Crippen molar-refractivity contribution in [2.45, 2.75) is 11.4 Å². The minimum absolute atomic E-state index is 0.0406. The van der Waals surface area contributed by atoms with Crippen LogP contribution in [-0.4, -0.2) is 57.4 Å². The summed E-state index contributed by atoms with van der Waals surface area (Å²) in [6, 6.07) is 13.4. The fourth-order valence-corrected chi connectivity index (χ4v) is 4.52. The summed E-state index contributed by atoms with van der Waals surface area (Å²) in [5.74, 6) is -0.629. The molecule has 6 nitrogen and oxygen atoms in total. The summed E-state index contributed by atoms with van der Waals surface area (Å²) in [7, 11) is -1.82. The lowest BCUT2D eigenvalue weighted by Crippen LogP contribution is -2.43. The topological polar surface area (TPSA) is 69.7 Å². The molecule has 3 rings (SSSR count). The largest absolute Gasteiger partial charge is 0.304 e. The maximum absolute atomic E-state index is 12.5. The number of carbonyl (C=O) groups is 1. The third-order valence-corrected chi connectivity index (χ3v) is 6.35. The fourth-order valence-electron chi connectivity index (χ4n) is 2.95. The van der Waals surface area contributed by atoms with E-state index in [1.54, 1.807) is 30.3 Å². The number of rotatable bonds is 5. The van der Waals surface area contributed by atoms with Gasteiger partial charge in [-0.15, -0.1) is 0 Å². The summed E-state index contributed by atoms with van der Waals surface area (Å²) >= 11 is 3.24. The average Bonchev–Trinajstić information content (AvgIpc) is 2.63. The molecule has 2 aromatic carbocycles. The molecule has 1 aliphatic rings. The molecule has 0 bridgehead atoms. The van der Waals surface area contributed by atoms with E-state index >= 15 is 0 Å². The Balaban J connectivity index is 1.70. The summed E-state index contributed by atoms with van der Waals surface area (Å²) in [6.45, 7) is 4.73. The zero-order valence-corrected chi connectivity index (χ0v) is 17.5. The lowest BCUT2D eigenvalue weighted by Gasteiger charge is -2.32. The highest BCUT2D eigenvalue weighted by atomic mass is 79.9. The van der Waals surface area contributed by atoms with Crippen LogP contribution in [0.1, 0.15) is 15.9 Å². The van der Waals surface area contributed by atoms with E-state index in [9.17, 15) is 13.2 Å². The molecule has 1 amide bonds.